The Hall–Kier alpha value is -1.80. The van der Waals surface area contributed by atoms with Gasteiger partial charge in [0.25, 0.3) is 0 Å². The maximum absolute atomic E-state index is 12.4. The Bertz CT molecular complexity index is 713. The Balaban J connectivity index is 1.61. The van der Waals surface area contributed by atoms with Gasteiger partial charge < -0.3 is 14.4 Å². The number of ether oxygens (including phenoxy) is 2. The lowest BCUT2D eigenvalue weighted by Crippen LogP contribution is -2.42. The van der Waals surface area contributed by atoms with E-state index >= 15 is 0 Å². The highest BCUT2D eigenvalue weighted by Gasteiger charge is 2.25. The van der Waals surface area contributed by atoms with E-state index < -0.39 is 10.0 Å². The molecule has 7 nitrogen and oxygen atoms in total. The molecule has 0 unspecified atom stereocenters. The van der Waals surface area contributed by atoms with Crippen molar-refractivity contribution in [1.29, 1.82) is 0 Å². The van der Waals surface area contributed by atoms with Gasteiger partial charge in [-0.2, -0.15) is 0 Å². The first-order valence-electron chi connectivity index (χ1n) is 8.14. The Morgan fingerprint density at radius 2 is 1.96 bits per heavy atom. The first-order valence-corrected chi connectivity index (χ1v) is 9.62. The third-order valence-electron chi connectivity index (χ3n) is 4.47. The molecule has 132 valence electrons. The van der Waals surface area contributed by atoms with Crippen molar-refractivity contribution in [2.24, 2.45) is 0 Å². The molecule has 1 amide bonds. The largest absolute Gasteiger partial charge is 0.454 e. The Kier molecular flexibility index (Phi) is 4.96. The number of hydrogen-bond donors (Lipinski definition) is 1. The van der Waals surface area contributed by atoms with Gasteiger partial charge in [-0.05, 0) is 25.0 Å². The van der Waals surface area contributed by atoms with E-state index in [0.717, 1.165) is 25.7 Å². The Labute approximate surface area is 142 Å². The highest BCUT2D eigenvalue weighted by Crippen LogP contribution is 2.33. The molecule has 0 radical (unpaired) electrons. The third-order valence-corrected chi connectivity index (χ3v) is 5.93. The predicted octanol–water partition coefficient (Wildman–Crippen LogP) is 1.48. The minimum Gasteiger partial charge on any atom is -0.454 e. The summed E-state index contributed by atoms with van der Waals surface area (Å²) >= 11 is 0. The highest BCUT2D eigenvalue weighted by molar-refractivity contribution is 7.89. The second kappa shape index (κ2) is 6.98. The number of sulfonamides is 1. The van der Waals surface area contributed by atoms with Crippen molar-refractivity contribution in [1.82, 2.24) is 9.62 Å². The average Bonchev–Trinajstić information content (AvgIpc) is 3.21. The third kappa shape index (κ3) is 3.64. The molecule has 1 aromatic carbocycles. The molecular formula is C16H22N2O5S. The molecule has 3 rings (SSSR count). The van der Waals surface area contributed by atoms with Crippen LogP contribution in [-0.4, -0.2) is 45.1 Å². The van der Waals surface area contributed by atoms with E-state index in [2.05, 4.69) is 4.72 Å². The fraction of sp³-hybridized carbons (Fsp3) is 0.562. The van der Waals surface area contributed by atoms with E-state index in [1.165, 1.54) is 19.1 Å². The molecule has 8 heteroatoms. The summed E-state index contributed by atoms with van der Waals surface area (Å²) in [6, 6.07) is 4.74. The lowest BCUT2D eigenvalue weighted by atomic mass is 10.2. The molecule has 1 aromatic rings. The van der Waals surface area contributed by atoms with Crippen LogP contribution in [0.3, 0.4) is 0 Å². The SMILES string of the molecule is CC(=O)N(CCNS(=O)(=O)c1ccc2c(c1)OCO2)C1CCCC1. The van der Waals surface area contributed by atoms with Gasteiger partial charge in [0.2, 0.25) is 22.7 Å². The van der Waals surface area contributed by atoms with Crippen molar-refractivity contribution in [3.8, 4) is 11.5 Å². The Morgan fingerprint density at radius 1 is 1.25 bits per heavy atom. The maximum Gasteiger partial charge on any atom is 0.240 e. The van der Waals surface area contributed by atoms with E-state index in [-0.39, 0.29) is 30.2 Å². The minimum atomic E-state index is -3.65. The number of nitrogens with zero attached hydrogens (tertiary/aromatic N) is 1. The summed E-state index contributed by atoms with van der Waals surface area (Å²) in [5.74, 6) is 0.955. The number of carbonyl (C=O) groups is 1. The zero-order valence-electron chi connectivity index (χ0n) is 13.7. The van der Waals surface area contributed by atoms with Gasteiger partial charge in [0.05, 0.1) is 4.90 Å². The normalized spacial score (nSPS) is 17.2. The van der Waals surface area contributed by atoms with Crippen LogP contribution in [0.5, 0.6) is 11.5 Å². The molecule has 1 N–H and O–H groups in total. The van der Waals surface area contributed by atoms with Crippen molar-refractivity contribution in [2.45, 2.75) is 43.5 Å². The smallest absolute Gasteiger partial charge is 0.240 e. The summed E-state index contributed by atoms with van der Waals surface area (Å²) in [4.78, 5) is 13.7. The molecule has 1 saturated carbocycles. The van der Waals surface area contributed by atoms with Crippen LogP contribution >= 0.6 is 0 Å². The lowest BCUT2D eigenvalue weighted by molar-refractivity contribution is -0.130. The molecule has 1 aliphatic carbocycles. The minimum absolute atomic E-state index is 0.0100. The molecule has 1 heterocycles. The maximum atomic E-state index is 12.4. The molecule has 2 aliphatic rings. The molecule has 0 aromatic heterocycles. The van der Waals surface area contributed by atoms with E-state index in [0.29, 0.717) is 18.0 Å². The van der Waals surface area contributed by atoms with E-state index in [4.69, 9.17) is 9.47 Å². The van der Waals surface area contributed by atoms with Gasteiger partial charge in [0.1, 0.15) is 0 Å². The molecule has 1 aliphatic heterocycles. The van der Waals surface area contributed by atoms with Crippen LogP contribution in [0.2, 0.25) is 0 Å². The van der Waals surface area contributed by atoms with Gasteiger partial charge in [-0.1, -0.05) is 12.8 Å². The number of fused-ring (bicyclic) bond motifs is 1. The lowest BCUT2D eigenvalue weighted by Gasteiger charge is -2.27. The second-order valence-electron chi connectivity index (χ2n) is 6.06. The van der Waals surface area contributed by atoms with E-state index in [9.17, 15) is 13.2 Å². The Morgan fingerprint density at radius 3 is 2.67 bits per heavy atom. The van der Waals surface area contributed by atoms with Crippen molar-refractivity contribution < 1.29 is 22.7 Å². The number of amides is 1. The summed E-state index contributed by atoms with van der Waals surface area (Å²) in [7, 11) is -3.65. The molecule has 0 atom stereocenters. The summed E-state index contributed by atoms with van der Waals surface area (Å²) in [6.45, 7) is 2.20. The average molecular weight is 354 g/mol. The van der Waals surface area contributed by atoms with Crippen LogP contribution in [0.4, 0.5) is 0 Å². The first kappa shape index (κ1) is 17.0. The van der Waals surface area contributed by atoms with Gasteiger partial charge in [0.15, 0.2) is 11.5 Å². The quantitative estimate of drug-likeness (QED) is 0.836. The van der Waals surface area contributed by atoms with Crippen LogP contribution in [0.1, 0.15) is 32.6 Å². The number of hydrogen-bond acceptors (Lipinski definition) is 5. The first-order chi connectivity index (χ1) is 11.5. The highest BCUT2D eigenvalue weighted by atomic mass is 32.2. The summed E-state index contributed by atoms with van der Waals surface area (Å²) in [5.41, 5.74) is 0. The van der Waals surface area contributed by atoms with Crippen LogP contribution < -0.4 is 14.2 Å². The number of benzene rings is 1. The summed E-state index contributed by atoms with van der Waals surface area (Å²) in [6.07, 6.45) is 4.23. The standard InChI is InChI=1S/C16H22N2O5S/c1-12(19)18(13-4-2-3-5-13)9-8-17-24(20,21)14-6-7-15-16(10-14)23-11-22-15/h6-7,10,13,17H,2-5,8-9,11H2,1H3. The fourth-order valence-corrected chi connectivity index (χ4v) is 4.28. The molecule has 0 saturated heterocycles. The van der Waals surface area contributed by atoms with Gasteiger partial charge in [0, 0.05) is 32.1 Å². The van der Waals surface area contributed by atoms with Crippen LogP contribution in [0.25, 0.3) is 0 Å². The van der Waals surface area contributed by atoms with Crippen LogP contribution in [0.15, 0.2) is 23.1 Å². The molecule has 24 heavy (non-hydrogen) atoms. The second-order valence-corrected chi connectivity index (χ2v) is 7.83. The van der Waals surface area contributed by atoms with Gasteiger partial charge in [-0.3, -0.25) is 4.79 Å². The predicted molar refractivity (Wildman–Crippen MR) is 87.4 cm³/mol. The topological polar surface area (TPSA) is 84.9 Å². The van der Waals surface area contributed by atoms with E-state index in [1.807, 2.05) is 0 Å². The van der Waals surface area contributed by atoms with Gasteiger partial charge >= 0.3 is 0 Å². The number of nitrogens with one attached hydrogen (secondary N) is 1. The fourth-order valence-electron chi connectivity index (χ4n) is 3.24. The van der Waals surface area contributed by atoms with Gasteiger partial charge in [-0.25, -0.2) is 13.1 Å². The molecular weight excluding hydrogens is 332 g/mol. The zero-order valence-corrected chi connectivity index (χ0v) is 14.5. The molecule has 0 spiro atoms. The number of carbonyl (C=O) groups excluding carboxylic acids is 1. The van der Waals surface area contributed by atoms with E-state index in [1.54, 1.807) is 11.0 Å². The van der Waals surface area contributed by atoms with Gasteiger partial charge in [-0.15, -0.1) is 0 Å². The van der Waals surface area contributed by atoms with Crippen LogP contribution in [-0.2, 0) is 14.8 Å². The van der Waals surface area contributed by atoms with Crippen molar-refractivity contribution in [3.63, 3.8) is 0 Å². The monoisotopic (exact) mass is 354 g/mol. The summed E-state index contributed by atoms with van der Waals surface area (Å²) in [5, 5.41) is 0. The number of rotatable bonds is 6. The van der Waals surface area contributed by atoms with Crippen molar-refractivity contribution in [2.75, 3.05) is 19.9 Å². The molecule has 0 bridgehead atoms. The van der Waals surface area contributed by atoms with Crippen molar-refractivity contribution >= 4 is 15.9 Å². The summed E-state index contributed by atoms with van der Waals surface area (Å²) < 4.78 is 37.7. The van der Waals surface area contributed by atoms with Crippen molar-refractivity contribution in [3.05, 3.63) is 18.2 Å². The molecule has 1 fully saturated rings. The zero-order chi connectivity index (χ0) is 17.2. The van der Waals surface area contributed by atoms with Crippen LogP contribution in [0, 0.1) is 0 Å².